The molecule has 1 aromatic carbocycles. The van der Waals surface area contributed by atoms with Gasteiger partial charge in [0.15, 0.2) is 0 Å². The standard InChI is InChI=1S/C12H12N4O2/c1-8-2-4-9(5-3-8)15-6-7-16-11(18)10(17)13-14-12(15)16/h2-5H,6-7H2,1H3,(H,13,17). The van der Waals surface area contributed by atoms with Gasteiger partial charge in [0.25, 0.3) is 0 Å². The average Bonchev–Trinajstić information content (AvgIpc) is 2.79. The third kappa shape index (κ3) is 1.54. The van der Waals surface area contributed by atoms with Gasteiger partial charge < -0.3 is 4.90 Å². The van der Waals surface area contributed by atoms with Crippen molar-refractivity contribution in [2.75, 3.05) is 11.4 Å². The summed E-state index contributed by atoms with van der Waals surface area (Å²) in [5.74, 6) is 0.489. The number of hydrogen-bond acceptors (Lipinski definition) is 4. The van der Waals surface area contributed by atoms with Gasteiger partial charge in [-0.15, -0.1) is 5.10 Å². The monoisotopic (exact) mass is 244 g/mol. The molecule has 2 aromatic rings. The van der Waals surface area contributed by atoms with Gasteiger partial charge in [0, 0.05) is 18.8 Å². The number of fused-ring (bicyclic) bond motifs is 1. The van der Waals surface area contributed by atoms with E-state index in [9.17, 15) is 9.59 Å². The third-order valence-corrected chi connectivity index (χ3v) is 3.07. The van der Waals surface area contributed by atoms with E-state index in [2.05, 4.69) is 10.2 Å². The van der Waals surface area contributed by atoms with Crippen LogP contribution in [-0.2, 0) is 6.54 Å². The van der Waals surface area contributed by atoms with Gasteiger partial charge in [-0.05, 0) is 19.1 Å². The molecule has 3 rings (SSSR count). The normalized spacial score (nSPS) is 13.7. The lowest BCUT2D eigenvalue weighted by Gasteiger charge is -2.16. The highest BCUT2D eigenvalue weighted by molar-refractivity contribution is 5.59. The first kappa shape index (κ1) is 10.8. The number of nitrogens with one attached hydrogen (secondary N) is 1. The fraction of sp³-hybridized carbons (Fsp3) is 0.250. The second kappa shape index (κ2) is 3.83. The van der Waals surface area contributed by atoms with E-state index < -0.39 is 11.1 Å². The van der Waals surface area contributed by atoms with Gasteiger partial charge in [0.1, 0.15) is 0 Å². The number of rotatable bonds is 1. The number of nitrogens with zero attached hydrogens (tertiary/aromatic N) is 3. The Morgan fingerprint density at radius 2 is 1.89 bits per heavy atom. The van der Waals surface area contributed by atoms with E-state index in [-0.39, 0.29) is 0 Å². The molecule has 0 bridgehead atoms. The fourth-order valence-electron chi connectivity index (χ4n) is 2.10. The maximum Gasteiger partial charge on any atom is 0.330 e. The lowest BCUT2D eigenvalue weighted by Crippen LogP contribution is -2.36. The Kier molecular flexibility index (Phi) is 2.29. The maximum atomic E-state index is 11.6. The van der Waals surface area contributed by atoms with Crippen LogP contribution in [0.5, 0.6) is 0 Å². The predicted molar refractivity (Wildman–Crippen MR) is 67.3 cm³/mol. The zero-order valence-corrected chi connectivity index (χ0v) is 9.88. The van der Waals surface area contributed by atoms with Gasteiger partial charge in [-0.25, -0.2) is 5.10 Å². The molecule has 1 aromatic heterocycles. The molecule has 0 atom stereocenters. The SMILES string of the molecule is Cc1ccc(N2CCn3c2n[nH]c(=O)c3=O)cc1. The Morgan fingerprint density at radius 3 is 2.61 bits per heavy atom. The Balaban J connectivity index is 2.11. The summed E-state index contributed by atoms with van der Waals surface area (Å²) in [7, 11) is 0. The van der Waals surface area contributed by atoms with Crippen molar-refractivity contribution in [3.05, 3.63) is 50.5 Å². The topological polar surface area (TPSA) is 71.0 Å². The maximum absolute atomic E-state index is 11.6. The van der Waals surface area contributed by atoms with E-state index in [4.69, 9.17) is 0 Å². The first-order valence-corrected chi connectivity index (χ1v) is 5.70. The lowest BCUT2D eigenvalue weighted by atomic mass is 10.2. The zero-order valence-electron chi connectivity index (χ0n) is 9.88. The van der Waals surface area contributed by atoms with Gasteiger partial charge in [0.2, 0.25) is 5.95 Å². The summed E-state index contributed by atoms with van der Waals surface area (Å²) < 4.78 is 1.40. The second-order valence-corrected chi connectivity index (χ2v) is 4.30. The molecule has 1 aliphatic rings. The minimum atomic E-state index is -0.676. The number of anilines is 2. The molecule has 0 spiro atoms. The molecule has 6 heteroatoms. The van der Waals surface area contributed by atoms with Crippen molar-refractivity contribution in [1.82, 2.24) is 14.8 Å². The lowest BCUT2D eigenvalue weighted by molar-refractivity contribution is 0.724. The van der Waals surface area contributed by atoms with Crippen molar-refractivity contribution < 1.29 is 0 Å². The van der Waals surface area contributed by atoms with Crippen LogP contribution in [0.25, 0.3) is 0 Å². The van der Waals surface area contributed by atoms with Gasteiger partial charge in [0.05, 0.1) is 0 Å². The zero-order chi connectivity index (χ0) is 12.7. The highest BCUT2D eigenvalue weighted by Gasteiger charge is 2.23. The Labute approximate surface area is 102 Å². The van der Waals surface area contributed by atoms with E-state index in [0.29, 0.717) is 19.0 Å². The van der Waals surface area contributed by atoms with Crippen LogP contribution < -0.4 is 16.0 Å². The summed E-state index contributed by atoms with van der Waals surface area (Å²) in [6.45, 7) is 3.14. The highest BCUT2D eigenvalue weighted by atomic mass is 16.2. The Hall–Kier alpha value is -2.37. The van der Waals surface area contributed by atoms with Crippen molar-refractivity contribution in [3.8, 4) is 0 Å². The smallest absolute Gasteiger partial charge is 0.309 e. The van der Waals surface area contributed by atoms with Crippen LogP contribution in [0.15, 0.2) is 33.9 Å². The molecule has 1 N–H and O–H groups in total. The summed E-state index contributed by atoms with van der Waals surface area (Å²) in [6, 6.07) is 7.95. The third-order valence-electron chi connectivity index (χ3n) is 3.07. The van der Waals surface area contributed by atoms with Crippen molar-refractivity contribution in [1.29, 1.82) is 0 Å². The van der Waals surface area contributed by atoms with Gasteiger partial charge in [-0.1, -0.05) is 17.7 Å². The van der Waals surface area contributed by atoms with E-state index in [1.165, 1.54) is 10.1 Å². The Morgan fingerprint density at radius 1 is 1.17 bits per heavy atom. The molecule has 18 heavy (non-hydrogen) atoms. The van der Waals surface area contributed by atoms with Crippen molar-refractivity contribution in [3.63, 3.8) is 0 Å². The van der Waals surface area contributed by atoms with Crippen molar-refractivity contribution in [2.45, 2.75) is 13.5 Å². The number of hydrogen-bond donors (Lipinski definition) is 1. The molecule has 0 saturated heterocycles. The largest absolute Gasteiger partial charge is 0.330 e. The summed E-state index contributed by atoms with van der Waals surface area (Å²) in [6.07, 6.45) is 0. The van der Waals surface area contributed by atoms with Crippen molar-refractivity contribution >= 4 is 11.6 Å². The van der Waals surface area contributed by atoms with Crippen LogP contribution in [0.4, 0.5) is 11.6 Å². The quantitative estimate of drug-likeness (QED) is 0.737. The predicted octanol–water partition coefficient (Wildman–Crippen LogP) is 0.392. The number of aromatic amines is 1. The number of H-pyrrole nitrogens is 1. The molecule has 0 saturated carbocycles. The highest BCUT2D eigenvalue weighted by Crippen LogP contribution is 2.25. The molecular formula is C12H12N4O2. The van der Waals surface area contributed by atoms with Crippen LogP contribution in [-0.4, -0.2) is 21.3 Å². The van der Waals surface area contributed by atoms with E-state index in [1.54, 1.807) is 0 Å². The molecular weight excluding hydrogens is 232 g/mol. The van der Waals surface area contributed by atoms with E-state index in [0.717, 1.165) is 5.69 Å². The molecule has 1 aliphatic heterocycles. The Bertz CT molecular complexity index is 699. The molecule has 0 amide bonds. The van der Waals surface area contributed by atoms with Gasteiger partial charge >= 0.3 is 11.1 Å². The summed E-state index contributed by atoms with van der Waals surface area (Å²) in [4.78, 5) is 24.8. The van der Waals surface area contributed by atoms with Crippen LogP contribution >= 0.6 is 0 Å². The average molecular weight is 244 g/mol. The first-order valence-electron chi connectivity index (χ1n) is 5.70. The molecule has 0 unspecified atom stereocenters. The number of benzene rings is 1. The minimum Gasteiger partial charge on any atom is -0.309 e. The molecule has 6 nitrogen and oxygen atoms in total. The van der Waals surface area contributed by atoms with Crippen LogP contribution in [0.2, 0.25) is 0 Å². The van der Waals surface area contributed by atoms with Crippen molar-refractivity contribution in [2.24, 2.45) is 0 Å². The first-order chi connectivity index (χ1) is 8.66. The van der Waals surface area contributed by atoms with Gasteiger partial charge in [-0.3, -0.25) is 14.2 Å². The van der Waals surface area contributed by atoms with E-state index >= 15 is 0 Å². The fourth-order valence-corrected chi connectivity index (χ4v) is 2.10. The van der Waals surface area contributed by atoms with Crippen LogP contribution in [0, 0.1) is 6.92 Å². The molecule has 92 valence electrons. The molecule has 0 radical (unpaired) electrons. The molecule has 2 heterocycles. The van der Waals surface area contributed by atoms with Gasteiger partial charge in [-0.2, -0.15) is 0 Å². The van der Waals surface area contributed by atoms with Crippen LogP contribution in [0.3, 0.4) is 0 Å². The number of aryl methyl sites for hydroxylation is 1. The summed E-state index contributed by atoms with van der Waals surface area (Å²) >= 11 is 0. The molecule has 0 fully saturated rings. The second-order valence-electron chi connectivity index (χ2n) is 4.30. The molecule has 0 aliphatic carbocycles. The van der Waals surface area contributed by atoms with E-state index in [1.807, 2.05) is 36.1 Å². The number of aromatic nitrogens is 3. The summed E-state index contributed by atoms with van der Waals surface area (Å²) in [5, 5.41) is 6.18. The minimum absolute atomic E-state index is 0.485. The van der Waals surface area contributed by atoms with Crippen LogP contribution in [0.1, 0.15) is 5.56 Å². The summed E-state index contributed by atoms with van der Waals surface area (Å²) in [5.41, 5.74) is 0.912.